The van der Waals surface area contributed by atoms with Crippen LogP contribution in [-0.2, 0) is 0 Å². The molecule has 0 aliphatic carbocycles. The highest BCUT2D eigenvalue weighted by Gasteiger charge is 2.28. The summed E-state index contributed by atoms with van der Waals surface area (Å²) in [5, 5.41) is 21.0. The van der Waals surface area contributed by atoms with Crippen LogP contribution in [0, 0.1) is 28.6 Å². The van der Waals surface area contributed by atoms with E-state index in [1.807, 2.05) is 17.5 Å². The molecule has 22 heavy (non-hydrogen) atoms. The predicted octanol–water partition coefficient (Wildman–Crippen LogP) is 5.07. The van der Waals surface area contributed by atoms with E-state index in [0.717, 1.165) is 0 Å². The smallest absolute Gasteiger partial charge is 0.173 e. The molecule has 6 heteroatoms. The molecule has 3 nitrogen and oxygen atoms in total. The zero-order valence-electron chi connectivity index (χ0n) is 11.3. The first-order chi connectivity index (χ1) is 10.6. The molecule has 1 heterocycles. The molecule has 0 radical (unpaired) electrons. The van der Waals surface area contributed by atoms with Gasteiger partial charge in [-0.05, 0) is 29.1 Å². The number of Topliss-reactive ketones (excluding diaryl/α,β-unsaturated/α-hetero) is 1. The van der Waals surface area contributed by atoms with Crippen molar-refractivity contribution in [3.05, 3.63) is 56.2 Å². The van der Waals surface area contributed by atoms with Crippen LogP contribution in [0.4, 0.5) is 0 Å². The summed E-state index contributed by atoms with van der Waals surface area (Å²) in [7, 11) is 0. The molecule has 0 saturated carbocycles. The first-order valence-corrected chi connectivity index (χ1v) is 8.01. The van der Waals surface area contributed by atoms with E-state index in [4.69, 9.17) is 23.2 Å². The highest BCUT2D eigenvalue weighted by atomic mass is 35.5. The van der Waals surface area contributed by atoms with Crippen molar-refractivity contribution in [1.82, 2.24) is 0 Å². The van der Waals surface area contributed by atoms with Crippen LogP contribution >= 0.6 is 34.5 Å². The van der Waals surface area contributed by atoms with Gasteiger partial charge in [-0.15, -0.1) is 11.3 Å². The maximum absolute atomic E-state index is 12.3. The second-order valence-corrected chi connectivity index (χ2v) is 6.40. The predicted molar refractivity (Wildman–Crippen MR) is 87.2 cm³/mol. The van der Waals surface area contributed by atoms with Gasteiger partial charge in [0.1, 0.15) is 5.92 Å². The van der Waals surface area contributed by atoms with Gasteiger partial charge in [-0.3, -0.25) is 4.79 Å². The summed E-state index contributed by atoms with van der Waals surface area (Å²) in [5.74, 6) is -1.65. The van der Waals surface area contributed by atoms with E-state index in [2.05, 4.69) is 0 Å². The Bertz CT molecular complexity index is 745. The second-order valence-electron chi connectivity index (χ2n) is 4.61. The topological polar surface area (TPSA) is 64.7 Å². The molecule has 0 aliphatic heterocycles. The fourth-order valence-corrected chi connectivity index (χ4v) is 3.38. The SMILES string of the molecule is N#CC(C#N)[C@H](CC(=O)c1cccs1)c1ccc(Cl)cc1Cl. The summed E-state index contributed by atoms with van der Waals surface area (Å²) in [6.45, 7) is 0. The molecule has 0 bridgehead atoms. The molecule has 1 aromatic carbocycles. The zero-order valence-corrected chi connectivity index (χ0v) is 13.6. The largest absolute Gasteiger partial charge is 0.293 e. The summed E-state index contributed by atoms with van der Waals surface area (Å²) >= 11 is 13.4. The zero-order chi connectivity index (χ0) is 16.1. The fraction of sp³-hybridized carbons (Fsp3) is 0.188. The van der Waals surface area contributed by atoms with Crippen LogP contribution in [0.1, 0.15) is 27.6 Å². The molecular weight excluding hydrogens is 339 g/mol. The summed E-state index contributed by atoms with van der Waals surface area (Å²) in [5.41, 5.74) is 0.587. The van der Waals surface area contributed by atoms with E-state index in [0.29, 0.717) is 20.5 Å². The first kappa shape index (κ1) is 16.5. The average Bonchev–Trinajstić information content (AvgIpc) is 3.02. The Morgan fingerprint density at radius 1 is 1.23 bits per heavy atom. The number of hydrogen-bond donors (Lipinski definition) is 0. The van der Waals surface area contributed by atoms with Crippen molar-refractivity contribution in [3.8, 4) is 12.1 Å². The second kappa shape index (κ2) is 7.42. The molecule has 2 rings (SSSR count). The molecule has 0 amide bonds. The van der Waals surface area contributed by atoms with E-state index < -0.39 is 11.8 Å². The highest BCUT2D eigenvalue weighted by Crippen LogP contribution is 2.35. The van der Waals surface area contributed by atoms with Gasteiger partial charge >= 0.3 is 0 Å². The number of thiophene rings is 1. The maximum Gasteiger partial charge on any atom is 0.173 e. The van der Waals surface area contributed by atoms with Gasteiger partial charge in [0.2, 0.25) is 0 Å². The van der Waals surface area contributed by atoms with Crippen molar-refractivity contribution in [1.29, 1.82) is 10.5 Å². The van der Waals surface area contributed by atoms with E-state index in [-0.39, 0.29) is 12.2 Å². The van der Waals surface area contributed by atoms with E-state index in [1.54, 1.807) is 30.3 Å². The molecule has 0 saturated heterocycles. The van der Waals surface area contributed by atoms with Gasteiger partial charge in [-0.2, -0.15) is 10.5 Å². The van der Waals surface area contributed by atoms with E-state index in [9.17, 15) is 15.3 Å². The Morgan fingerprint density at radius 2 is 1.95 bits per heavy atom. The standard InChI is InChI=1S/C16H10Cl2N2OS/c17-11-3-4-12(14(18)6-11)13(10(8-19)9-20)7-15(21)16-2-1-5-22-16/h1-6,10,13H,7H2/t13-/m0/s1. The van der Waals surface area contributed by atoms with Crippen LogP contribution in [0.15, 0.2) is 35.7 Å². The van der Waals surface area contributed by atoms with Crippen molar-refractivity contribution in [2.24, 2.45) is 5.92 Å². The van der Waals surface area contributed by atoms with Crippen LogP contribution in [0.5, 0.6) is 0 Å². The molecule has 0 spiro atoms. The summed E-state index contributed by atoms with van der Waals surface area (Å²) in [6, 6.07) is 12.2. The van der Waals surface area contributed by atoms with Crippen LogP contribution in [0.25, 0.3) is 0 Å². The van der Waals surface area contributed by atoms with Gasteiger partial charge in [0, 0.05) is 22.4 Å². The van der Waals surface area contributed by atoms with Gasteiger partial charge < -0.3 is 0 Å². The van der Waals surface area contributed by atoms with E-state index >= 15 is 0 Å². The quantitative estimate of drug-likeness (QED) is 0.708. The Morgan fingerprint density at radius 3 is 2.50 bits per heavy atom. The lowest BCUT2D eigenvalue weighted by molar-refractivity contribution is 0.0975. The summed E-state index contributed by atoms with van der Waals surface area (Å²) < 4.78 is 0. The number of hydrogen-bond acceptors (Lipinski definition) is 4. The van der Waals surface area contributed by atoms with Crippen molar-refractivity contribution >= 4 is 40.3 Å². The number of ketones is 1. The van der Waals surface area contributed by atoms with Crippen molar-refractivity contribution in [3.63, 3.8) is 0 Å². The Labute approximate surface area is 142 Å². The van der Waals surface area contributed by atoms with Crippen LogP contribution in [0.3, 0.4) is 0 Å². The number of nitriles is 2. The number of carbonyl (C=O) groups is 1. The van der Waals surface area contributed by atoms with Crippen molar-refractivity contribution < 1.29 is 4.79 Å². The summed E-state index contributed by atoms with van der Waals surface area (Å²) in [6.07, 6.45) is 0.0493. The Balaban J connectivity index is 2.37. The van der Waals surface area contributed by atoms with Gasteiger partial charge in [0.05, 0.1) is 17.0 Å². The molecule has 2 aromatic rings. The number of benzene rings is 1. The third-order valence-corrected chi connectivity index (χ3v) is 4.72. The minimum absolute atomic E-state index is 0.0493. The lowest BCUT2D eigenvalue weighted by Gasteiger charge is -2.18. The number of carbonyl (C=O) groups excluding carboxylic acids is 1. The average molecular weight is 349 g/mol. The fourth-order valence-electron chi connectivity index (χ4n) is 2.16. The minimum Gasteiger partial charge on any atom is -0.293 e. The number of halogens is 2. The minimum atomic E-state index is -0.956. The lowest BCUT2D eigenvalue weighted by Crippen LogP contribution is -2.15. The highest BCUT2D eigenvalue weighted by molar-refractivity contribution is 7.12. The lowest BCUT2D eigenvalue weighted by atomic mass is 9.83. The monoisotopic (exact) mass is 348 g/mol. The van der Waals surface area contributed by atoms with Crippen molar-refractivity contribution in [2.75, 3.05) is 0 Å². The molecule has 1 aromatic heterocycles. The molecule has 0 N–H and O–H groups in total. The van der Waals surface area contributed by atoms with Crippen molar-refractivity contribution in [2.45, 2.75) is 12.3 Å². The van der Waals surface area contributed by atoms with Gasteiger partial charge in [0.15, 0.2) is 5.78 Å². The molecule has 110 valence electrons. The number of nitrogens with zero attached hydrogens (tertiary/aromatic N) is 2. The Hall–Kier alpha value is -1.85. The molecule has 0 unspecified atom stereocenters. The molecular formula is C16H10Cl2N2OS. The van der Waals surface area contributed by atoms with Gasteiger partial charge in [-0.25, -0.2) is 0 Å². The van der Waals surface area contributed by atoms with Gasteiger partial charge in [-0.1, -0.05) is 35.3 Å². The maximum atomic E-state index is 12.3. The normalized spacial score (nSPS) is 11.7. The third-order valence-electron chi connectivity index (χ3n) is 3.24. The third kappa shape index (κ3) is 3.67. The Kier molecular flexibility index (Phi) is 5.57. The molecule has 1 atom stereocenters. The van der Waals surface area contributed by atoms with E-state index in [1.165, 1.54) is 11.3 Å². The molecule has 0 fully saturated rings. The summed E-state index contributed by atoms with van der Waals surface area (Å²) in [4.78, 5) is 12.9. The van der Waals surface area contributed by atoms with Crippen LogP contribution < -0.4 is 0 Å². The van der Waals surface area contributed by atoms with Crippen LogP contribution in [-0.4, -0.2) is 5.78 Å². The van der Waals surface area contributed by atoms with Crippen LogP contribution in [0.2, 0.25) is 10.0 Å². The number of rotatable bonds is 5. The first-order valence-electron chi connectivity index (χ1n) is 6.37. The molecule has 0 aliphatic rings. The van der Waals surface area contributed by atoms with Gasteiger partial charge in [0.25, 0.3) is 0 Å².